The van der Waals surface area contributed by atoms with Gasteiger partial charge < -0.3 is 10.2 Å². The molecule has 1 fully saturated rings. The van der Waals surface area contributed by atoms with Gasteiger partial charge in [0.05, 0.1) is 11.4 Å². The number of carbonyl (C=O) groups is 1. The second kappa shape index (κ2) is 6.69. The fourth-order valence-electron chi connectivity index (χ4n) is 3.14. The third kappa shape index (κ3) is 3.62. The molecule has 0 bridgehead atoms. The molecule has 1 aromatic heterocycles. The van der Waals surface area contributed by atoms with Crippen LogP contribution in [0.25, 0.3) is 11.8 Å². The predicted molar refractivity (Wildman–Crippen MR) is 85.5 cm³/mol. The normalized spacial score (nSPS) is 16.0. The highest BCUT2D eigenvalue weighted by Gasteiger charge is 2.21. The molecule has 120 valence electrons. The summed E-state index contributed by atoms with van der Waals surface area (Å²) in [5, 5.41) is 24.6. The first-order valence-corrected chi connectivity index (χ1v) is 7.92. The Hall–Kier alpha value is -2.56. The van der Waals surface area contributed by atoms with Crippen LogP contribution in [-0.4, -0.2) is 20.9 Å². The number of carboxylic acids is 1. The second-order valence-corrected chi connectivity index (χ2v) is 5.91. The van der Waals surface area contributed by atoms with Crippen LogP contribution in [0, 0.1) is 0 Å². The first kappa shape index (κ1) is 15.3. The molecule has 1 saturated carbocycles. The highest BCUT2D eigenvalue weighted by Crippen LogP contribution is 2.34. The topological polar surface area (TPSA) is 78.2 Å². The number of nitrogens with zero attached hydrogens (tertiary/aromatic N) is 2. The van der Waals surface area contributed by atoms with Crippen molar-refractivity contribution < 1.29 is 15.0 Å². The molecule has 0 amide bonds. The lowest BCUT2D eigenvalue weighted by molar-refractivity contribution is -0.268. The average Bonchev–Trinajstić information content (AvgIpc) is 2.99. The molecule has 0 spiro atoms. The van der Waals surface area contributed by atoms with Crippen molar-refractivity contribution in [3.05, 3.63) is 47.8 Å². The number of aromatic nitrogens is 2. The maximum absolute atomic E-state index is 11.3. The SMILES string of the molecule is O=C(O)/C=C/c1cc(C2CCCCC2)n(-c2ccc([O-])cc2)n1. The Bertz CT molecular complexity index is 710. The molecular weight excluding hydrogens is 292 g/mol. The highest BCUT2D eigenvalue weighted by molar-refractivity contribution is 5.84. The lowest BCUT2D eigenvalue weighted by Gasteiger charge is -2.22. The molecule has 1 aliphatic rings. The molecule has 2 aromatic rings. The zero-order valence-electron chi connectivity index (χ0n) is 12.8. The molecule has 5 nitrogen and oxygen atoms in total. The molecular formula is C18H19N2O3-. The summed E-state index contributed by atoms with van der Waals surface area (Å²) >= 11 is 0. The van der Waals surface area contributed by atoms with E-state index >= 15 is 0 Å². The number of hydrogen-bond acceptors (Lipinski definition) is 3. The van der Waals surface area contributed by atoms with Crippen LogP contribution in [0.4, 0.5) is 0 Å². The van der Waals surface area contributed by atoms with E-state index in [2.05, 4.69) is 5.10 Å². The van der Waals surface area contributed by atoms with Crippen LogP contribution in [0.15, 0.2) is 36.4 Å². The van der Waals surface area contributed by atoms with Crippen LogP contribution in [0.1, 0.15) is 49.4 Å². The summed E-state index contributed by atoms with van der Waals surface area (Å²) in [4.78, 5) is 10.7. The minimum absolute atomic E-state index is 0.0360. The Morgan fingerprint density at radius 2 is 1.91 bits per heavy atom. The number of aliphatic carboxylic acids is 1. The van der Waals surface area contributed by atoms with Crippen LogP contribution in [0.2, 0.25) is 0 Å². The van der Waals surface area contributed by atoms with Crippen molar-refractivity contribution in [2.75, 3.05) is 0 Å². The molecule has 1 heterocycles. The maximum Gasteiger partial charge on any atom is 0.328 e. The van der Waals surface area contributed by atoms with E-state index in [0.29, 0.717) is 11.6 Å². The molecule has 1 aliphatic carbocycles. The van der Waals surface area contributed by atoms with E-state index in [-0.39, 0.29) is 5.75 Å². The second-order valence-electron chi connectivity index (χ2n) is 5.91. The molecule has 0 aliphatic heterocycles. The molecule has 0 unspecified atom stereocenters. The van der Waals surface area contributed by atoms with E-state index in [0.717, 1.165) is 30.3 Å². The lowest BCUT2D eigenvalue weighted by Crippen LogP contribution is -2.11. The van der Waals surface area contributed by atoms with Gasteiger partial charge >= 0.3 is 5.97 Å². The van der Waals surface area contributed by atoms with Crippen LogP contribution in [-0.2, 0) is 4.79 Å². The minimum Gasteiger partial charge on any atom is -0.872 e. The summed E-state index contributed by atoms with van der Waals surface area (Å²) < 4.78 is 1.84. The first-order chi connectivity index (χ1) is 11.1. The van der Waals surface area contributed by atoms with Gasteiger partial charge in [-0.1, -0.05) is 31.4 Å². The standard InChI is InChI=1S/C18H20N2O3/c21-16-9-7-15(8-10-16)20-17(13-4-2-1-3-5-13)12-14(19-20)6-11-18(22)23/h6-13,21H,1-5H2,(H,22,23)/p-1/b11-6+. The molecule has 3 rings (SSSR count). The molecule has 5 heteroatoms. The van der Waals surface area contributed by atoms with Crippen molar-refractivity contribution >= 4 is 12.0 Å². The van der Waals surface area contributed by atoms with Crippen LogP contribution < -0.4 is 5.11 Å². The molecule has 0 atom stereocenters. The smallest absolute Gasteiger partial charge is 0.328 e. The van der Waals surface area contributed by atoms with E-state index in [4.69, 9.17) is 5.11 Å². The van der Waals surface area contributed by atoms with Crippen LogP contribution in [0.5, 0.6) is 5.75 Å². The van der Waals surface area contributed by atoms with Crippen molar-refractivity contribution in [3.8, 4) is 11.4 Å². The molecule has 0 radical (unpaired) electrons. The van der Waals surface area contributed by atoms with Crippen molar-refractivity contribution in [2.24, 2.45) is 0 Å². The third-order valence-corrected chi connectivity index (χ3v) is 4.26. The molecule has 23 heavy (non-hydrogen) atoms. The van der Waals surface area contributed by atoms with Crippen LogP contribution >= 0.6 is 0 Å². The largest absolute Gasteiger partial charge is 0.872 e. The van der Waals surface area contributed by atoms with Gasteiger partial charge in [-0.05, 0) is 37.1 Å². The van der Waals surface area contributed by atoms with Gasteiger partial charge in [-0.2, -0.15) is 5.10 Å². The van der Waals surface area contributed by atoms with Crippen LogP contribution in [0.3, 0.4) is 0 Å². The van der Waals surface area contributed by atoms with Gasteiger partial charge in [0, 0.05) is 17.7 Å². The zero-order chi connectivity index (χ0) is 16.2. The molecule has 1 aromatic carbocycles. The summed E-state index contributed by atoms with van der Waals surface area (Å²) in [6.07, 6.45) is 8.51. The monoisotopic (exact) mass is 311 g/mol. The summed E-state index contributed by atoms with van der Waals surface area (Å²) in [5.74, 6) is -0.601. The maximum atomic E-state index is 11.3. The van der Waals surface area contributed by atoms with Crippen molar-refractivity contribution in [2.45, 2.75) is 38.0 Å². The number of benzene rings is 1. The molecule has 1 N–H and O–H groups in total. The van der Waals surface area contributed by atoms with Gasteiger partial charge in [0.1, 0.15) is 0 Å². The lowest BCUT2D eigenvalue weighted by atomic mass is 9.86. The Kier molecular flexibility index (Phi) is 4.46. The summed E-state index contributed by atoms with van der Waals surface area (Å²) in [6, 6.07) is 8.52. The quantitative estimate of drug-likeness (QED) is 0.880. The van der Waals surface area contributed by atoms with E-state index in [9.17, 15) is 9.90 Å². The Morgan fingerprint density at radius 1 is 1.22 bits per heavy atom. The van der Waals surface area contributed by atoms with E-state index in [1.54, 1.807) is 12.1 Å². The number of rotatable bonds is 4. The van der Waals surface area contributed by atoms with Gasteiger partial charge in [-0.25, -0.2) is 9.48 Å². The summed E-state index contributed by atoms with van der Waals surface area (Å²) in [5.41, 5.74) is 2.55. The van der Waals surface area contributed by atoms with Gasteiger partial charge in [0.2, 0.25) is 0 Å². The highest BCUT2D eigenvalue weighted by atomic mass is 16.4. The Balaban J connectivity index is 2.00. The van der Waals surface area contributed by atoms with E-state index in [1.165, 1.54) is 37.5 Å². The number of carboxylic acid groups (broad SMARTS) is 1. The van der Waals surface area contributed by atoms with E-state index < -0.39 is 5.97 Å². The first-order valence-electron chi connectivity index (χ1n) is 7.92. The predicted octanol–water partition coefficient (Wildman–Crippen LogP) is 3.09. The minimum atomic E-state index is -0.991. The Morgan fingerprint density at radius 3 is 2.57 bits per heavy atom. The molecule has 0 saturated heterocycles. The Labute approximate surface area is 134 Å². The van der Waals surface area contributed by atoms with Gasteiger partial charge in [0.25, 0.3) is 0 Å². The summed E-state index contributed by atoms with van der Waals surface area (Å²) in [6.45, 7) is 0. The van der Waals surface area contributed by atoms with E-state index in [1.807, 2.05) is 10.7 Å². The fourth-order valence-corrected chi connectivity index (χ4v) is 3.14. The van der Waals surface area contributed by atoms with Gasteiger partial charge in [0.15, 0.2) is 0 Å². The summed E-state index contributed by atoms with van der Waals surface area (Å²) in [7, 11) is 0. The zero-order valence-corrected chi connectivity index (χ0v) is 12.8. The van der Waals surface area contributed by atoms with Gasteiger partial charge in [-0.3, -0.25) is 0 Å². The van der Waals surface area contributed by atoms with Gasteiger partial charge in [-0.15, -0.1) is 5.75 Å². The fraction of sp³-hybridized carbons (Fsp3) is 0.333. The van der Waals surface area contributed by atoms with Crippen molar-refractivity contribution in [1.29, 1.82) is 0 Å². The van der Waals surface area contributed by atoms with Crippen molar-refractivity contribution in [3.63, 3.8) is 0 Å². The van der Waals surface area contributed by atoms with Crippen molar-refractivity contribution in [1.82, 2.24) is 9.78 Å². The number of hydrogen-bond donors (Lipinski definition) is 1. The third-order valence-electron chi connectivity index (χ3n) is 4.26. The average molecular weight is 311 g/mol.